The Morgan fingerprint density at radius 3 is 2.68 bits per heavy atom. The van der Waals surface area contributed by atoms with E-state index in [1.165, 1.54) is 16.2 Å². The molecule has 28 heavy (non-hydrogen) atoms. The van der Waals surface area contributed by atoms with Gasteiger partial charge < -0.3 is 9.64 Å². The molecular formula is C22H28N3O2S+. The van der Waals surface area contributed by atoms with Crippen molar-refractivity contribution in [1.82, 2.24) is 4.98 Å². The number of likely N-dealkylation sites (N-methyl/N-ethyl adjacent to an activating group) is 1. The van der Waals surface area contributed by atoms with Crippen LogP contribution in [0.4, 0.5) is 5.13 Å². The Morgan fingerprint density at radius 1 is 1.21 bits per heavy atom. The average Bonchev–Trinajstić information content (AvgIpc) is 3.06. The maximum Gasteiger partial charge on any atom is 0.260 e. The molecule has 0 fully saturated rings. The fourth-order valence-corrected chi connectivity index (χ4v) is 4.12. The number of anilines is 1. The molecule has 0 aliphatic heterocycles. The zero-order valence-corrected chi connectivity index (χ0v) is 18.0. The number of rotatable bonds is 7. The second-order valence-electron chi connectivity index (χ2n) is 7.26. The number of aryl methyl sites for hydroxylation is 2. The monoisotopic (exact) mass is 398 g/mol. The van der Waals surface area contributed by atoms with E-state index >= 15 is 0 Å². The van der Waals surface area contributed by atoms with Crippen molar-refractivity contribution in [2.75, 3.05) is 38.7 Å². The van der Waals surface area contributed by atoms with E-state index in [-0.39, 0.29) is 5.91 Å². The van der Waals surface area contributed by atoms with E-state index in [0.29, 0.717) is 18.3 Å². The fourth-order valence-electron chi connectivity index (χ4n) is 3.12. The predicted octanol–water partition coefficient (Wildman–Crippen LogP) is 3.10. The summed E-state index contributed by atoms with van der Waals surface area (Å²) in [6.45, 7) is 8.02. The number of nitrogens with one attached hydrogen (secondary N) is 1. The zero-order chi connectivity index (χ0) is 20.3. The van der Waals surface area contributed by atoms with Crippen molar-refractivity contribution >= 4 is 32.6 Å². The molecule has 0 saturated heterocycles. The molecule has 3 aromatic rings. The third-order valence-corrected chi connectivity index (χ3v) is 5.64. The van der Waals surface area contributed by atoms with Gasteiger partial charge in [-0.2, -0.15) is 0 Å². The molecule has 1 heterocycles. The van der Waals surface area contributed by atoms with Crippen LogP contribution in [-0.2, 0) is 0 Å². The van der Waals surface area contributed by atoms with Gasteiger partial charge in [0.2, 0.25) is 0 Å². The van der Waals surface area contributed by atoms with Crippen molar-refractivity contribution in [3.8, 4) is 5.75 Å². The lowest BCUT2D eigenvalue weighted by atomic mass is 10.0. The summed E-state index contributed by atoms with van der Waals surface area (Å²) in [7, 11) is 4.18. The molecule has 6 heteroatoms. The zero-order valence-electron chi connectivity index (χ0n) is 17.2. The van der Waals surface area contributed by atoms with E-state index in [0.717, 1.165) is 39.2 Å². The van der Waals surface area contributed by atoms with E-state index in [1.807, 2.05) is 62.1 Å². The van der Waals surface area contributed by atoms with Gasteiger partial charge in [-0.3, -0.25) is 9.69 Å². The Morgan fingerprint density at radius 2 is 2.00 bits per heavy atom. The fraction of sp³-hybridized carbons (Fsp3) is 0.364. The summed E-state index contributed by atoms with van der Waals surface area (Å²) < 4.78 is 6.75. The number of thiazole rings is 1. The first-order valence-electron chi connectivity index (χ1n) is 9.61. The summed E-state index contributed by atoms with van der Waals surface area (Å²) in [5, 5.41) is 0.716. The molecule has 1 aromatic heterocycles. The molecule has 2 aromatic carbocycles. The molecule has 0 aliphatic carbocycles. The SMILES string of the molecule is CCOc1cccc2sc(N(CC[NH+](C)C)C(=O)c3ccc(C)cc3C)nc12. The minimum absolute atomic E-state index is 0.00392. The number of aromatic nitrogens is 1. The summed E-state index contributed by atoms with van der Waals surface area (Å²) in [6, 6.07) is 11.9. The highest BCUT2D eigenvalue weighted by Crippen LogP contribution is 2.34. The highest BCUT2D eigenvalue weighted by atomic mass is 32.1. The number of nitrogens with zero attached hydrogens (tertiary/aromatic N) is 2. The third kappa shape index (κ3) is 4.34. The van der Waals surface area contributed by atoms with Gasteiger partial charge in [-0.1, -0.05) is 35.1 Å². The van der Waals surface area contributed by atoms with E-state index in [9.17, 15) is 4.79 Å². The third-order valence-electron chi connectivity index (χ3n) is 4.59. The van der Waals surface area contributed by atoms with Gasteiger partial charge in [0.25, 0.3) is 5.91 Å². The van der Waals surface area contributed by atoms with E-state index in [2.05, 4.69) is 14.1 Å². The van der Waals surface area contributed by atoms with Gasteiger partial charge in [0.05, 0.1) is 38.5 Å². The number of carbonyl (C=O) groups is 1. The van der Waals surface area contributed by atoms with Gasteiger partial charge in [0.15, 0.2) is 5.13 Å². The second-order valence-corrected chi connectivity index (χ2v) is 8.27. The molecule has 0 radical (unpaired) electrons. The van der Waals surface area contributed by atoms with Crippen LogP contribution in [0, 0.1) is 13.8 Å². The van der Waals surface area contributed by atoms with Crippen LogP contribution in [0.5, 0.6) is 5.75 Å². The molecule has 5 nitrogen and oxygen atoms in total. The van der Waals surface area contributed by atoms with Gasteiger partial charge in [-0.25, -0.2) is 4.98 Å². The van der Waals surface area contributed by atoms with Crippen LogP contribution < -0.4 is 14.5 Å². The number of benzene rings is 2. The topological polar surface area (TPSA) is 46.9 Å². The van der Waals surface area contributed by atoms with Crippen molar-refractivity contribution in [3.05, 3.63) is 53.1 Å². The van der Waals surface area contributed by atoms with Crippen LogP contribution in [0.25, 0.3) is 10.2 Å². The average molecular weight is 399 g/mol. The van der Waals surface area contributed by atoms with Crippen molar-refractivity contribution in [2.24, 2.45) is 0 Å². The second kappa shape index (κ2) is 8.71. The maximum atomic E-state index is 13.4. The summed E-state index contributed by atoms with van der Waals surface area (Å²) in [6.07, 6.45) is 0. The number of hydrogen-bond acceptors (Lipinski definition) is 4. The van der Waals surface area contributed by atoms with Crippen LogP contribution in [0.15, 0.2) is 36.4 Å². The number of para-hydroxylation sites is 1. The predicted molar refractivity (Wildman–Crippen MR) is 116 cm³/mol. The first-order valence-corrected chi connectivity index (χ1v) is 10.4. The number of amides is 1. The first kappa shape index (κ1) is 20.3. The molecular weight excluding hydrogens is 370 g/mol. The highest BCUT2D eigenvalue weighted by molar-refractivity contribution is 7.22. The Hall–Kier alpha value is -2.44. The van der Waals surface area contributed by atoms with E-state index in [1.54, 1.807) is 0 Å². The van der Waals surface area contributed by atoms with Crippen LogP contribution in [-0.4, -0.2) is 44.7 Å². The lowest BCUT2D eigenvalue weighted by molar-refractivity contribution is -0.856. The van der Waals surface area contributed by atoms with Gasteiger partial charge in [0.1, 0.15) is 11.3 Å². The standard InChI is InChI=1S/C22H27N3O2S/c1-6-27-18-8-7-9-19-20(18)23-22(28-19)25(13-12-24(4)5)21(26)17-11-10-15(2)14-16(17)3/h7-11,14H,6,12-13H2,1-5H3/p+1. The molecule has 0 aliphatic rings. The van der Waals surface area contributed by atoms with Crippen LogP contribution in [0.1, 0.15) is 28.4 Å². The molecule has 1 N–H and O–H groups in total. The summed E-state index contributed by atoms with van der Waals surface area (Å²) in [4.78, 5) is 21.3. The molecule has 3 rings (SSSR count). The Balaban J connectivity index is 2.03. The minimum atomic E-state index is -0.00392. The maximum absolute atomic E-state index is 13.4. The van der Waals surface area contributed by atoms with Gasteiger partial charge >= 0.3 is 0 Å². The number of ether oxygens (including phenoxy) is 1. The van der Waals surface area contributed by atoms with Gasteiger partial charge in [-0.05, 0) is 44.5 Å². The van der Waals surface area contributed by atoms with Gasteiger partial charge in [-0.15, -0.1) is 0 Å². The molecule has 1 amide bonds. The minimum Gasteiger partial charge on any atom is -0.492 e. The highest BCUT2D eigenvalue weighted by Gasteiger charge is 2.24. The summed E-state index contributed by atoms with van der Waals surface area (Å²) in [5.41, 5.74) is 3.69. The molecule has 0 atom stereocenters. The largest absolute Gasteiger partial charge is 0.492 e. The lowest BCUT2D eigenvalue weighted by Crippen LogP contribution is -3.06. The number of quaternary nitrogens is 1. The van der Waals surface area contributed by atoms with Crippen molar-refractivity contribution in [1.29, 1.82) is 0 Å². The number of hydrogen-bond donors (Lipinski definition) is 1. The number of fused-ring (bicyclic) bond motifs is 1. The Kier molecular flexibility index (Phi) is 6.31. The van der Waals surface area contributed by atoms with Crippen molar-refractivity contribution in [3.63, 3.8) is 0 Å². The number of carbonyl (C=O) groups excluding carboxylic acids is 1. The van der Waals surface area contributed by atoms with Gasteiger partial charge in [0, 0.05) is 5.56 Å². The first-order chi connectivity index (χ1) is 13.4. The summed E-state index contributed by atoms with van der Waals surface area (Å²) >= 11 is 1.53. The van der Waals surface area contributed by atoms with Crippen LogP contribution >= 0.6 is 11.3 Å². The normalized spacial score (nSPS) is 11.2. The van der Waals surface area contributed by atoms with Crippen molar-refractivity contribution in [2.45, 2.75) is 20.8 Å². The molecule has 0 bridgehead atoms. The quantitative estimate of drug-likeness (QED) is 0.665. The summed E-state index contributed by atoms with van der Waals surface area (Å²) in [5.74, 6) is 0.760. The van der Waals surface area contributed by atoms with Crippen molar-refractivity contribution < 1.29 is 14.4 Å². The van der Waals surface area contributed by atoms with Crippen LogP contribution in [0.3, 0.4) is 0 Å². The molecule has 148 valence electrons. The smallest absolute Gasteiger partial charge is 0.260 e. The van der Waals surface area contributed by atoms with Crippen LogP contribution in [0.2, 0.25) is 0 Å². The van der Waals surface area contributed by atoms with E-state index < -0.39 is 0 Å². The molecule has 0 saturated carbocycles. The molecule has 0 unspecified atom stereocenters. The lowest BCUT2D eigenvalue weighted by Gasteiger charge is -2.21. The van der Waals surface area contributed by atoms with E-state index in [4.69, 9.17) is 9.72 Å². The Bertz CT molecular complexity index is 981. The molecule has 0 spiro atoms. The Labute approximate surface area is 170 Å².